The molecule has 0 spiro atoms. The van der Waals surface area contributed by atoms with Crippen LogP contribution in [0.2, 0.25) is 0 Å². The van der Waals surface area contributed by atoms with Crippen molar-refractivity contribution in [2.45, 2.75) is 51.5 Å². The molecule has 1 rings (SSSR count). The molecule has 3 nitrogen and oxygen atoms in total. The minimum Gasteiger partial charge on any atom is -0.385 e. The lowest BCUT2D eigenvalue weighted by molar-refractivity contribution is 0.170. The molecule has 0 radical (unpaired) electrons. The fraction of sp³-hybridized carbons (Fsp3) is 1.00. The Morgan fingerprint density at radius 3 is 2.87 bits per heavy atom. The first-order valence-electron chi connectivity index (χ1n) is 6.23. The summed E-state index contributed by atoms with van der Waals surface area (Å²) >= 11 is 0. The van der Waals surface area contributed by atoms with Gasteiger partial charge in [-0.05, 0) is 37.5 Å². The number of methoxy groups -OCH3 is 1. The van der Waals surface area contributed by atoms with Crippen molar-refractivity contribution in [3.63, 3.8) is 0 Å². The van der Waals surface area contributed by atoms with Crippen LogP contribution < -0.4 is 11.3 Å². The van der Waals surface area contributed by atoms with Crippen molar-refractivity contribution in [1.29, 1.82) is 0 Å². The minimum absolute atomic E-state index is 0.489. The summed E-state index contributed by atoms with van der Waals surface area (Å²) in [4.78, 5) is 0. The summed E-state index contributed by atoms with van der Waals surface area (Å²) in [5.74, 6) is 7.29. The second-order valence-electron chi connectivity index (χ2n) is 4.94. The Hall–Kier alpha value is -0.120. The molecule has 3 unspecified atom stereocenters. The molecule has 0 saturated heterocycles. The zero-order chi connectivity index (χ0) is 11.1. The second-order valence-corrected chi connectivity index (χ2v) is 4.94. The molecule has 1 saturated carbocycles. The Kier molecular flexibility index (Phi) is 6.22. The average molecular weight is 214 g/mol. The molecular weight excluding hydrogens is 188 g/mol. The molecule has 1 aliphatic carbocycles. The molecule has 0 heterocycles. The Morgan fingerprint density at radius 1 is 1.47 bits per heavy atom. The fourth-order valence-electron chi connectivity index (χ4n) is 2.75. The van der Waals surface area contributed by atoms with Crippen molar-refractivity contribution in [2.24, 2.45) is 17.7 Å². The lowest BCUT2D eigenvalue weighted by Crippen LogP contribution is -2.42. The molecule has 15 heavy (non-hydrogen) atoms. The number of hydrogen-bond acceptors (Lipinski definition) is 3. The Bertz CT molecular complexity index is 164. The summed E-state index contributed by atoms with van der Waals surface area (Å²) in [7, 11) is 1.76. The van der Waals surface area contributed by atoms with Gasteiger partial charge in [0.1, 0.15) is 0 Å². The third-order valence-corrected chi connectivity index (χ3v) is 3.62. The summed E-state index contributed by atoms with van der Waals surface area (Å²) in [6.07, 6.45) is 7.69. The van der Waals surface area contributed by atoms with Crippen LogP contribution in [0.1, 0.15) is 45.4 Å². The molecule has 0 amide bonds. The van der Waals surface area contributed by atoms with Gasteiger partial charge in [-0.2, -0.15) is 0 Å². The highest BCUT2D eigenvalue weighted by atomic mass is 16.5. The van der Waals surface area contributed by atoms with E-state index in [1.54, 1.807) is 7.11 Å². The third kappa shape index (κ3) is 4.49. The van der Waals surface area contributed by atoms with Crippen LogP contribution in [-0.2, 0) is 4.74 Å². The lowest BCUT2D eigenvalue weighted by atomic mass is 9.77. The Labute approximate surface area is 93.7 Å². The van der Waals surface area contributed by atoms with Crippen molar-refractivity contribution in [2.75, 3.05) is 13.7 Å². The third-order valence-electron chi connectivity index (χ3n) is 3.62. The maximum Gasteiger partial charge on any atom is 0.0462 e. The number of ether oxygens (including phenoxy) is 1. The summed E-state index contributed by atoms with van der Waals surface area (Å²) in [5.41, 5.74) is 3.00. The number of nitrogens with one attached hydrogen (secondary N) is 1. The smallest absolute Gasteiger partial charge is 0.0462 e. The fourth-order valence-corrected chi connectivity index (χ4v) is 2.75. The van der Waals surface area contributed by atoms with Gasteiger partial charge in [0.15, 0.2) is 0 Å². The number of hydrazine groups is 1. The van der Waals surface area contributed by atoms with Gasteiger partial charge in [0, 0.05) is 19.8 Å². The van der Waals surface area contributed by atoms with E-state index in [0.29, 0.717) is 6.04 Å². The van der Waals surface area contributed by atoms with Gasteiger partial charge in [-0.25, -0.2) is 0 Å². The second kappa shape index (κ2) is 7.20. The molecule has 0 aliphatic heterocycles. The zero-order valence-corrected chi connectivity index (χ0v) is 10.2. The van der Waals surface area contributed by atoms with Crippen LogP contribution in [0.15, 0.2) is 0 Å². The van der Waals surface area contributed by atoms with E-state index >= 15 is 0 Å². The molecule has 0 aromatic rings. The van der Waals surface area contributed by atoms with Crippen LogP contribution in [0.4, 0.5) is 0 Å². The van der Waals surface area contributed by atoms with Gasteiger partial charge >= 0.3 is 0 Å². The molecule has 1 fully saturated rings. The molecule has 3 atom stereocenters. The maximum absolute atomic E-state index is 5.64. The molecule has 3 N–H and O–H groups in total. The van der Waals surface area contributed by atoms with Gasteiger partial charge in [-0.3, -0.25) is 11.3 Å². The summed E-state index contributed by atoms with van der Waals surface area (Å²) < 4.78 is 5.08. The summed E-state index contributed by atoms with van der Waals surface area (Å²) in [6, 6.07) is 0.489. The van der Waals surface area contributed by atoms with E-state index in [4.69, 9.17) is 10.6 Å². The minimum atomic E-state index is 0.489. The molecule has 1 aliphatic rings. The maximum atomic E-state index is 5.64. The van der Waals surface area contributed by atoms with E-state index in [-0.39, 0.29) is 0 Å². The highest BCUT2D eigenvalue weighted by Gasteiger charge is 2.25. The van der Waals surface area contributed by atoms with Crippen LogP contribution in [0.25, 0.3) is 0 Å². The number of nitrogens with two attached hydrogens (primary N) is 1. The number of hydrogen-bond donors (Lipinski definition) is 2. The highest BCUT2D eigenvalue weighted by molar-refractivity contribution is 4.80. The van der Waals surface area contributed by atoms with E-state index in [2.05, 4.69) is 12.3 Å². The predicted octanol–water partition coefficient (Wildman–Crippen LogP) is 2.07. The first-order chi connectivity index (χ1) is 7.27. The van der Waals surface area contributed by atoms with Gasteiger partial charge in [-0.1, -0.05) is 19.8 Å². The van der Waals surface area contributed by atoms with E-state index in [0.717, 1.165) is 31.3 Å². The molecule has 0 aromatic heterocycles. The van der Waals surface area contributed by atoms with E-state index in [1.807, 2.05) is 0 Å². The van der Waals surface area contributed by atoms with Crippen molar-refractivity contribution in [1.82, 2.24) is 5.43 Å². The molecule has 0 bridgehead atoms. The topological polar surface area (TPSA) is 47.3 Å². The van der Waals surface area contributed by atoms with Gasteiger partial charge in [0.05, 0.1) is 0 Å². The van der Waals surface area contributed by atoms with Crippen LogP contribution in [0, 0.1) is 11.8 Å². The quantitative estimate of drug-likeness (QED) is 0.404. The van der Waals surface area contributed by atoms with E-state index in [9.17, 15) is 0 Å². The Morgan fingerprint density at radius 2 is 2.27 bits per heavy atom. The van der Waals surface area contributed by atoms with Crippen LogP contribution >= 0.6 is 0 Å². The number of rotatable bonds is 6. The molecule has 90 valence electrons. The van der Waals surface area contributed by atoms with Crippen molar-refractivity contribution < 1.29 is 4.74 Å². The Balaban J connectivity index is 2.29. The SMILES string of the molecule is COCCCC(NN)C1CCCC(C)C1. The first kappa shape index (κ1) is 12.9. The van der Waals surface area contributed by atoms with Crippen LogP contribution in [0.5, 0.6) is 0 Å². The summed E-state index contributed by atoms with van der Waals surface area (Å²) in [5, 5.41) is 0. The van der Waals surface area contributed by atoms with Gasteiger partial charge in [0.2, 0.25) is 0 Å². The highest BCUT2D eigenvalue weighted by Crippen LogP contribution is 2.31. The normalized spacial score (nSPS) is 29.0. The van der Waals surface area contributed by atoms with Crippen molar-refractivity contribution in [3.05, 3.63) is 0 Å². The lowest BCUT2D eigenvalue weighted by Gasteiger charge is -2.33. The van der Waals surface area contributed by atoms with Crippen LogP contribution in [0.3, 0.4) is 0 Å². The van der Waals surface area contributed by atoms with Crippen molar-refractivity contribution >= 4 is 0 Å². The summed E-state index contributed by atoms with van der Waals surface area (Å²) in [6.45, 7) is 3.20. The monoisotopic (exact) mass is 214 g/mol. The first-order valence-corrected chi connectivity index (χ1v) is 6.23. The van der Waals surface area contributed by atoms with Gasteiger partial charge in [-0.15, -0.1) is 0 Å². The molecule has 3 heteroatoms. The molecular formula is C12H26N2O. The van der Waals surface area contributed by atoms with Gasteiger partial charge in [0.25, 0.3) is 0 Å². The van der Waals surface area contributed by atoms with Gasteiger partial charge < -0.3 is 4.74 Å². The zero-order valence-electron chi connectivity index (χ0n) is 10.2. The van der Waals surface area contributed by atoms with E-state index in [1.165, 1.54) is 25.7 Å². The van der Waals surface area contributed by atoms with E-state index < -0.39 is 0 Å². The average Bonchev–Trinajstić information content (AvgIpc) is 2.24. The standard InChI is InChI=1S/C12H26N2O/c1-10-5-3-6-11(9-10)12(14-13)7-4-8-15-2/h10-12,14H,3-9,13H2,1-2H3. The molecule has 0 aromatic carbocycles. The largest absolute Gasteiger partial charge is 0.385 e. The van der Waals surface area contributed by atoms with Crippen molar-refractivity contribution in [3.8, 4) is 0 Å². The van der Waals surface area contributed by atoms with Crippen LogP contribution in [-0.4, -0.2) is 19.8 Å². The predicted molar refractivity (Wildman–Crippen MR) is 63.3 cm³/mol.